The average Bonchev–Trinajstić information content (AvgIpc) is 2.81. The highest BCUT2D eigenvalue weighted by atomic mass is 16.7. The molecular weight excluding hydrogens is 226 g/mol. The summed E-state index contributed by atoms with van der Waals surface area (Å²) in [6.07, 6.45) is 9.85. The predicted octanol–water partition coefficient (Wildman–Crippen LogP) is 3.23. The molecule has 0 aromatic carbocycles. The minimum Gasteiger partial charge on any atom is -0.348 e. The van der Waals surface area contributed by atoms with Gasteiger partial charge in [-0.25, -0.2) is 0 Å². The van der Waals surface area contributed by atoms with Crippen LogP contribution in [-0.4, -0.2) is 31.1 Å². The fourth-order valence-corrected chi connectivity index (χ4v) is 3.20. The summed E-state index contributed by atoms with van der Waals surface area (Å²) in [5.74, 6) is -0.205. The number of nitrogens with one attached hydrogen (secondary N) is 1. The first kappa shape index (κ1) is 14.3. The van der Waals surface area contributed by atoms with E-state index in [4.69, 9.17) is 9.47 Å². The standard InChI is InChI=1S/C15H29NO2/c1-3-4-5-6-13(2)16-14-7-9-15(10-8-14)17-11-12-18-15/h13-14,16H,3-12H2,1-2H3. The van der Waals surface area contributed by atoms with Gasteiger partial charge >= 0.3 is 0 Å². The van der Waals surface area contributed by atoms with Crippen LogP contribution in [0.1, 0.15) is 65.2 Å². The van der Waals surface area contributed by atoms with Gasteiger partial charge in [-0.15, -0.1) is 0 Å². The summed E-state index contributed by atoms with van der Waals surface area (Å²) in [6.45, 7) is 6.15. The second-order valence-electron chi connectivity index (χ2n) is 5.95. The van der Waals surface area contributed by atoms with Gasteiger partial charge in [0.2, 0.25) is 0 Å². The van der Waals surface area contributed by atoms with E-state index in [1.807, 2.05) is 0 Å². The van der Waals surface area contributed by atoms with Crippen molar-refractivity contribution < 1.29 is 9.47 Å². The number of hydrogen-bond acceptors (Lipinski definition) is 3. The van der Waals surface area contributed by atoms with Crippen LogP contribution in [0.15, 0.2) is 0 Å². The molecule has 1 aliphatic heterocycles. The first-order chi connectivity index (χ1) is 8.74. The second-order valence-corrected chi connectivity index (χ2v) is 5.95. The van der Waals surface area contributed by atoms with Crippen LogP contribution < -0.4 is 5.32 Å². The van der Waals surface area contributed by atoms with Crippen molar-refractivity contribution in [1.29, 1.82) is 0 Å². The Morgan fingerprint density at radius 3 is 2.44 bits per heavy atom. The molecule has 0 radical (unpaired) electrons. The zero-order chi connectivity index (χ0) is 12.8. The number of unbranched alkanes of at least 4 members (excludes halogenated alkanes) is 2. The van der Waals surface area contributed by atoms with Gasteiger partial charge < -0.3 is 14.8 Å². The third-order valence-corrected chi connectivity index (χ3v) is 4.32. The Morgan fingerprint density at radius 1 is 1.17 bits per heavy atom. The Morgan fingerprint density at radius 2 is 1.83 bits per heavy atom. The van der Waals surface area contributed by atoms with E-state index in [0.717, 1.165) is 26.1 Å². The molecule has 1 saturated carbocycles. The van der Waals surface area contributed by atoms with Gasteiger partial charge in [-0.1, -0.05) is 26.2 Å². The van der Waals surface area contributed by atoms with Crippen molar-refractivity contribution in [3.05, 3.63) is 0 Å². The van der Waals surface area contributed by atoms with Crippen LogP contribution in [0.4, 0.5) is 0 Å². The first-order valence-electron chi connectivity index (χ1n) is 7.78. The lowest BCUT2D eigenvalue weighted by Crippen LogP contribution is -2.44. The summed E-state index contributed by atoms with van der Waals surface area (Å²) in [7, 11) is 0. The predicted molar refractivity (Wildman–Crippen MR) is 73.6 cm³/mol. The lowest BCUT2D eigenvalue weighted by atomic mass is 9.89. The van der Waals surface area contributed by atoms with Gasteiger partial charge in [-0.2, -0.15) is 0 Å². The minimum atomic E-state index is -0.205. The summed E-state index contributed by atoms with van der Waals surface area (Å²) in [5, 5.41) is 3.77. The molecule has 2 fully saturated rings. The molecule has 0 aromatic heterocycles. The van der Waals surface area contributed by atoms with Gasteiger partial charge in [0.1, 0.15) is 0 Å². The van der Waals surface area contributed by atoms with E-state index in [1.165, 1.54) is 38.5 Å². The van der Waals surface area contributed by atoms with Crippen molar-refractivity contribution >= 4 is 0 Å². The Balaban J connectivity index is 1.63. The molecule has 106 valence electrons. The van der Waals surface area contributed by atoms with Gasteiger partial charge in [0.15, 0.2) is 5.79 Å². The molecule has 2 rings (SSSR count). The number of rotatable bonds is 6. The van der Waals surface area contributed by atoms with Gasteiger partial charge in [-0.3, -0.25) is 0 Å². The SMILES string of the molecule is CCCCCC(C)NC1CCC2(CC1)OCCO2. The molecule has 0 amide bonds. The van der Waals surface area contributed by atoms with Crippen LogP contribution in [0, 0.1) is 0 Å². The van der Waals surface area contributed by atoms with E-state index in [-0.39, 0.29) is 5.79 Å². The van der Waals surface area contributed by atoms with Crippen LogP contribution in [-0.2, 0) is 9.47 Å². The molecule has 0 aromatic rings. The lowest BCUT2D eigenvalue weighted by Gasteiger charge is -2.36. The highest BCUT2D eigenvalue weighted by molar-refractivity contribution is 4.86. The van der Waals surface area contributed by atoms with E-state index >= 15 is 0 Å². The summed E-state index contributed by atoms with van der Waals surface area (Å²) >= 11 is 0. The van der Waals surface area contributed by atoms with Crippen LogP contribution in [0.5, 0.6) is 0 Å². The molecule has 1 N–H and O–H groups in total. The minimum absolute atomic E-state index is 0.205. The molecule has 0 bridgehead atoms. The fraction of sp³-hybridized carbons (Fsp3) is 1.00. The second kappa shape index (κ2) is 6.88. The highest BCUT2D eigenvalue weighted by Gasteiger charge is 2.40. The zero-order valence-electron chi connectivity index (χ0n) is 12.0. The average molecular weight is 255 g/mol. The van der Waals surface area contributed by atoms with Crippen molar-refractivity contribution in [1.82, 2.24) is 5.32 Å². The monoisotopic (exact) mass is 255 g/mol. The molecule has 18 heavy (non-hydrogen) atoms. The molecular formula is C15H29NO2. The molecule has 1 aliphatic carbocycles. The van der Waals surface area contributed by atoms with Crippen molar-refractivity contribution in [2.75, 3.05) is 13.2 Å². The maximum absolute atomic E-state index is 5.76. The number of hydrogen-bond donors (Lipinski definition) is 1. The van der Waals surface area contributed by atoms with E-state index in [1.54, 1.807) is 0 Å². The lowest BCUT2D eigenvalue weighted by molar-refractivity contribution is -0.179. The van der Waals surface area contributed by atoms with E-state index in [2.05, 4.69) is 19.2 Å². The van der Waals surface area contributed by atoms with E-state index < -0.39 is 0 Å². The van der Waals surface area contributed by atoms with Crippen LogP contribution in [0.3, 0.4) is 0 Å². The van der Waals surface area contributed by atoms with Gasteiger partial charge in [0, 0.05) is 24.9 Å². The zero-order valence-corrected chi connectivity index (χ0v) is 12.0. The maximum Gasteiger partial charge on any atom is 0.168 e. The van der Waals surface area contributed by atoms with Crippen molar-refractivity contribution in [3.8, 4) is 0 Å². The summed E-state index contributed by atoms with van der Waals surface area (Å²) in [4.78, 5) is 0. The Bertz CT molecular complexity index is 229. The molecule has 1 heterocycles. The van der Waals surface area contributed by atoms with Gasteiger partial charge in [-0.05, 0) is 26.2 Å². The summed E-state index contributed by atoms with van der Waals surface area (Å²) in [6, 6.07) is 1.32. The highest BCUT2D eigenvalue weighted by Crippen LogP contribution is 2.35. The van der Waals surface area contributed by atoms with Crippen molar-refractivity contribution in [2.45, 2.75) is 83.1 Å². The molecule has 3 nitrogen and oxygen atoms in total. The number of ether oxygens (including phenoxy) is 2. The molecule has 1 spiro atoms. The largest absolute Gasteiger partial charge is 0.348 e. The Labute approximate surface area is 112 Å². The topological polar surface area (TPSA) is 30.5 Å². The first-order valence-corrected chi connectivity index (χ1v) is 7.78. The maximum atomic E-state index is 5.76. The van der Waals surface area contributed by atoms with Crippen molar-refractivity contribution in [2.24, 2.45) is 0 Å². The van der Waals surface area contributed by atoms with Crippen molar-refractivity contribution in [3.63, 3.8) is 0 Å². The smallest absolute Gasteiger partial charge is 0.168 e. The van der Waals surface area contributed by atoms with Crippen LogP contribution in [0.25, 0.3) is 0 Å². The molecule has 3 heteroatoms. The molecule has 1 atom stereocenters. The van der Waals surface area contributed by atoms with Gasteiger partial charge in [0.25, 0.3) is 0 Å². The third kappa shape index (κ3) is 3.94. The van der Waals surface area contributed by atoms with Crippen LogP contribution in [0.2, 0.25) is 0 Å². The Hall–Kier alpha value is -0.120. The third-order valence-electron chi connectivity index (χ3n) is 4.32. The Kier molecular flexibility index (Phi) is 5.46. The normalized spacial score (nSPS) is 25.7. The fourth-order valence-electron chi connectivity index (χ4n) is 3.20. The summed E-state index contributed by atoms with van der Waals surface area (Å²) in [5.41, 5.74) is 0. The summed E-state index contributed by atoms with van der Waals surface area (Å²) < 4.78 is 11.5. The van der Waals surface area contributed by atoms with E-state index in [9.17, 15) is 0 Å². The van der Waals surface area contributed by atoms with E-state index in [0.29, 0.717) is 12.1 Å². The van der Waals surface area contributed by atoms with Gasteiger partial charge in [0.05, 0.1) is 13.2 Å². The molecule has 2 aliphatic rings. The molecule has 1 unspecified atom stereocenters. The van der Waals surface area contributed by atoms with Crippen LogP contribution >= 0.6 is 0 Å². The quantitative estimate of drug-likeness (QED) is 0.739. The molecule has 1 saturated heterocycles.